The Hall–Kier alpha value is -2.82. The van der Waals surface area contributed by atoms with Gasteiger partial charge in [-0.3, -0.25) is 4.79 Å². The standard InChI is InChI=1S/C17H11FO4/c18-12-3-1-2-10(5-12)4-11-8-20-14-7-16-15(21-9-22-16)6-13(14)17(11)19/h1-7H,8-9H2/b11-4+. The van der Waals surface area contributed by atoms with Crippen molar-refractivity contribution in [2.45, 2.75) is 0 Å². The highest BCUT2D eigenvalue weighted by Gasteiger charge is 2.27. The smallest absolute Gasteiger partial charge is 0.231 e. The molecular formula is C17H11FO4. The van der Waals surface area contributed by atoms with E-state index in [0.29, 0.717) is 33.9 Å². The number of ketones is 1. The first kappa shape index (κ1) is 12.9. The zero-order valence-corrected chi connectivity index (χ0v) is 11.5. The summed E-state index contributed by atoms with van der Waals surface area (Å²) in [5.74, 6) is 1.09. The van der Waals surface area contributed by atoms with Crippen LogP contribution in [0, 0.1) is 5.82 Å². The number of hydrogen-bond acceptors (Lipinski definition) is 4. The molecule has 0 amide bonds. The van der Waals surface area contributed by atoms with Crippen LogP contribution in [0.5, 0.6) is 17.2 Å². The van der Waals surface area contributed by atoms with Gasteiger partial charge in [0.2, 0.25) is 6.79 Å². The third-order valence-corrected chi connectivity index (χ3v) is 3.58. The fourth-order valence-electron chi connectivity index (χ4n) is 2.52. The van der Waals surface area contributed by atoms with Crippen molar-refractivity contribution in [2.75, 3.05) is 13.4 Å². The highest BCUT2D eigenvalue weighted by Crippen LogP contribution is 2.40. The van der Waals surface area contributed by atoms with Gasteiger partial charge in [0, 0.05) is 11.6 Å². The molecular weight excluding hydrogens is 287 g/mol. The lowest BCUT2D eigenvalue weighted by molar-refractivity contribution is 0.100. The molecule has 0 saturated carbocycles. The van der Waals surface area contributed by atoms with E-state index in [0.717, 1.165) is 0 Å². The number of carbonyl (C=O) groups excluding carboxylic acids is 1. The first-order valence-corrected chi connectivity index (χ1v) is 6.78. The van der Waals surface area contributed by atoms with Crippen LogP contribution >= 0.6 is 0 Å². The number of fused-ring (bicyclic) bond motifs is 2. The topological polar surface area (TPSA) is 44.8 Å². The van der Waals surface area contributed by atoms with E-state index in [1.807, 2.05) is 0 Å². The number of carbonyl (C=O) groups is 1. The average molecular weight is 298 g/mol. The number of rotatable bonds is 1. The zero-order chi connectivity index (χ0) is 15.1. The third kappa shape index (κ3) is 2.11. The Morgan fingerprint density at radius 2 is 1.82 bits per heavy atom. The van der Waals surface area contributed by atoms with Crippen LogP contribution in [-0.4, -0.2) is 19.2 Å². The van der Waals surface area contributed by atoms with Crippen LogP contribution in [0.2, 0.25) is 0 Å². The second-order valence-electron chi connectivity index (χ2n) is 5.04. The van der Waals surface area contributed by atoms with E-state index in [1.165, 1.54) is 12.1 Å². The second kappa shape index (κ2) is 4.87. The van der Waals surface area contributed by atoms with E-state index in [4.69, 9.17) is 14.2 Å². The summed E-state index contributed by atoms with van der Waals surface area (Å²) in [6, 6.07) is 9.35. The maximum atomic E-state index is 13.2. The van der Waals surface area contributed by atoms with Gasteiger partial charge in [-0.15, -0.1) is 0 Å². The van der Waals surface area contributed by atoms with E-state index in [1.54, 1.807) is 30.3 Å². The predicted molar refractivity (Wildman–Crippen MR) is 76.8 cm³/mol. The average Bonchev–Trinajstić information content (AvgIpc) is 2.96. The fraction of sp³-hybridized carbons (Fsp3) is 0.118. The van der Waals surface area contributed by atoms with Crippen molar-refractivity contribution in [3.05, 3.63) is 58.9 Å². The molecule has 2 aromatic carbocycles. The number of halogens is 1. The van der Waals surface area contributed by atoms with Crippen LogP contribution in [-0.2, 0) is 0 Å². The molecule has 2 heterocycles. The molecule has 0 atom stereocenters. The molecule has 110 valence electrons. The lowest BCUT2D eigenvalue weighted by atomic mass is 9.98. The molecule has 0 aliphatic carbocycles. The molecule has 0 aromatic heterocycles. The Labute approximate surface area is 125 Å². The van der Waals surface area contributed by atoms with Gasteiger partial charge in [-0.2, -0.15) is 0 Å². The Morgan fingerprint density at radius 3 is 2.64 bits per heavy atom. The Bertz CT molecular complexity index is 810. The van der Waals surface area contributed by atoms with E-state index < -0.39 is 0 Å². The molecule has 0 bridgehead atoms. The highest BCUT2D eigenvalue weighted by atomic mass is 19.1. The normalized spacial score (nSPS) is 17.3. The molecule has 4 rings (SSSR count). The van der Waals surface area contributed by atoms with Crippen molar-refractivity contribution in [3.63, 3.8) is 0 Å². The van der Waals surface area contributed by atoms with Gasteiger partial charge in [0.05, 0.1) is 5.56 Å². The van der Waals surface area contributed by atoms with E-state index >= 15 is 0 Å². The molecule has 5 heteroatoms. The first-order chi connectivity index (χ1) is 10.7. The summed E-state index contributed by atoms with van der Waals surface area (Å²) in [6.45, 7) is 0.278. The van der Waals surface area contributed by atoms with Crippen molar-refractivity contribution in [3.8, 4) is 17.2 Å². The van der Waals surface area contributed by atoms with Gasteiger partial charge in [0.15, 0.2) is 17.3 Å². The first-order valence-electron chi connectivity index (χ1n) is 6.78. The minimum atomic E-state index is -0.345. The SMILES string of the molecule is O=C1/C(=C/c2cccc(F)c2)COc2cc3c(cc21)OCO3. The maximum absolute atomic E-state index is 13.2. The Kier molecular flexibility index (Phi) is 2.85. The van der Waals surface area contributed by atoms with Crippen molar-refractivity contribution >= 4 is 11.9 Å². The lowest BCUT2D eigenvalue weighted by Crippen LogP contribution is -2.19. The summed E-state index contributed by atoms with van der Waals surface area (Å²) in [5, 5.41) is 0. The van der Waals surface area contributed by atoms with Gasteiger partial charge in [0.25, 0.3) is 0 Å². The Balaban J connectivity index is 1.73. The summed E-state index contributed by atoms with van der Waals surface area (Å²) in [4.78, 5) is 12.6. The van der Waals surface area contributed by atoms with E-state index in [2.05, 4.69) is 0 Å². The third-order valence-electron chi connectivity index (χ3n) is 3.58. The summed E-state index contributed by atoms with van der Waals surface area (Å²) >= 11 is 0. The number of benzene rings is 2. The molecule has 2 aromatic rings. The molecule has 0 unspecified atom stereocenters. The molecule has 2 aliphatic rings. The van der Waals surface area contributed by atoms with Gasteiger partial charge in [-0.1, -0.05) is 12.1 Å². The van der Waals surface area contributed by atoms with Crippen LogP contribution < -0.4 is 14.2 Å². The minimum absolute atomic E-state index is 0.137. The highest BCUT2D eigenvalue weighted by molar-refractivity contribution is 6.14. The lowest BCUT2D eigenvalue weighted by Gasteiger charge is -2.19. The quantitative estimate of drug-likeness (QED) is 0.758. The van der Waals surface area contributed by atoms with E-state index in [-0.39, 0.29) is 25.0 Å². The zero-order valence-electron chi connectivity index (χ0n) is 11.5. The van der Waals surface area contributed by atoms with Gasteiger partial charge in [-0.25, -0.2) is 4.39 Å². The van der Waals surface area contributed by atoms with Crippen LogP contribution in [0.15, 0.2) is 42.0 Å². The summed E-state index contributed by atoms with van der Waals surface area (Å²) in [5.41, 5.74) is 1.52. The van der Waals surface area contributed by atoms with Crippen LogP contribution in [0.25, 0.3) is 6.08 Å². The van der Waals surface area contributed by atoms with Gasteiger partial charge in [-0.05, 0) is 29.8 Å². The number of ether oxygens (including phenoxy) is 3. The maximum Gasteiger partial charge on any atom is 0.231 e. The molecule has 0 radical (unpaired) electrons. The van der Waals surface area contributed by atoms with E-state index in [9.17, 15) is 9.18 Å². The van der Waals surface area contributed by atoms with Gasteiger partial charge in [0.1, 0.15) is 18.2 Å². The molecule has 0 N–H and O–H groups in total. The van der Waals surface area contributed by atoms with Gasteiger partial charge < -0.3 is 14.2 Å². The monoisotopic (exact) mass is 298 g/mol. The van der Waals surface area contributed by atoms with Crippen molar-refractivity contribution < 1.29 is 23.4 Å². The molecule has 0 fully saturated rings. The minimum Gasteiger partial charge on any atom is -0.488 e. The summed E-state index contributed by atoms with van der Waals surface area (Å²) < 4.78 is 29.4. The fourth-order valence-corrected chi connectivity index (χ4v) is 2.52. The van der Waals surface area contributed by atoms with Crippen molar-refractivity contribution in [1.29, 1.82) is 0 Å². The van der Waals surface area contributed by atoms with Crippen LogP contribution in [0.4, 0.5) is 4.39 Å². The second-order valence-corrected chi connectivity index (χ2v) is 5.04. The molecule has 2 aliphatic heterocycles. The molecule has 4 nitrogen and oxygen atoms in total. The molecule has 0 spiro atoms. The largest absolute Gasteiger partial charge is 0.488 e. The number of Topliss-reactive ketones (excluding diaryl/α,β-unsaturated/α-hetero) is 1. The summed E-state index contributed by atoms with van der Waals surface area (Å²) in [6.07, 6.45) is 1.64. The van der Waals surface area contributed by atoms with Crippen LogP contribution in [0.1, 0.15) is 15.9 Å². The molecule has 22 heavy (non-hydrogen) atoms. The van der Waals surface area contributed by atoms with Crippen molar-refractivity contribution in [2.24, 2.45) is 0 Å². The number of hydrogen-bond donors (Lipinski definition) is 0. The molecule has 0 saturated heterocycles. The summed E-state index contributed by atoms with van der Waals surface area (Å²) in [7, 11) is 0. The van der Waals surface area contributed by atoms with Crippen LogP contribution in [0.3, 0.4) is 0 Å². The van der Waals surface area contributed by atoms with Crippen molar-refractivity contribution in [1.82, 2.24) is 0 Å². The Morgan fingerprint density at radius 1 is 1.00 bits per heavy atom. The predicted octanol–water partition coefficient (Wildman–Crippen LogP) is 3.21. The van der Waals surface area contributed by atoms with Gasteiger partial charge >= 0.3 is 0 Å².